The lowest BCUT2D eigenvalue weighted by atomic mass is 10.1. The third-order valence-electron chi connectivity index (χ3n) is 2.99. The number of hydrogen-bond acceptors (Lipinski definition) is 5. The number of aliphatic hydroxyl groups is 1. The van der Waals surface area contributed by atoms with Gasteiger partial charge in [-0.05, 0) is 17.7 Å². The number of hydrazone groups is 1. The van der Waals surface area contributed by atoms with Crippen molar-refractivity contribution in [3.8, 4) is 11.5 Å². The molecule has 1 atom stereocenters. The molecule has 1 unspecified atom stereocenters. The van der Waals surface area contributed by atoms with E-state index in [1.807, 2.05) is 0 Å². The first kappa shape index (κ1) is 15.5. The van der Waals surface area contributed by atoms with Crippen LogP contribution in [-0.2, 0) is 4.79 Å². The van der Waals surface area contributed by atoms with Gasteiger partial charge in [-0.3, -0.25) is 4.79 Å². The summed E-state index contributed by atoms with van der Waals surface area (Å²) in [5.41, 5.74) is 3.08. The summed E-state index contributed by atoms with van der Waals surface area (Å²) in [5, 5.41) is 23.5. The van der Waals surface area contributed by atoms with Gasteiger partial charge >= 0.3 is 0 Å². The fourth-order valence-corrected chi connectivity index (χ4v) is 1.82. The van der Waals surface area contributed by atoms with Crippen molar-refractivity contribution in [3.63, 3.8) is 0 Å². The van der Waals surface area contributed by atoms with Gasteiger partial charge < -0.3 is 14.9 Å². The van der Waals surface area contributed by atoms with Crippen LogP contribution >= 0.6 is 0 Å². The smallest absolute Gasteiger partial charge is 0.273 e. The number of phenolic OH excluding ortho intramolecular Hbond substituents is 1. The average Bonchev–Trinajstić information content (AvgIpc) is 2.56. The van der Waals surface area contributed by atoms with E-state index >= 15 is 0 Å². The van der Waals surface area contributed by atoms with Crippen LogP contribution < -0.4 is 10.2 Å². The Balaban J connectivity index is 2.02. The largest absolute Gasteiger partial charge is 0.504 e. The Morgan fingerprint density at radius 2 is 1.95 bits per heavy atom. The van der Waals surface area contributed by atoms with E-state index in [0.29, 0.717) is 16.9 Å². The number of carbonyl (C=O) groups excluding carboxylic acids is 1. The first-order valence-corrected chi connectivity index (χ1v) is 6.55. The van der Waals surface area contributed by atoms with Gasteiger partial charge in [0.05, 0.1) is 13.3 Å². The standard InChI is InChI=1S/C16H16N2O4/c1-22-13-9-5-8-12(14(13)19)10-17-18-16(21)15(20)11-6-3-2-4-7-11/h2-10,15,19-20H,1H3,(H,18,21). The van der Waals surface area contributed by atoms with Crippen LogP contribution in [0, 0.1) is 0 Å². The minimum Gasteiger partial charge on any atom is -0.504 e. The van der Waals surface area contributed by atoms with Crippen LogP contribution in [0.2, 0.25) is 0 Å². The van der Waals surface area contributed by atoms with Crippen LogP contribution in [-0.4, -0.2) is 29.4 Å². The number of hydrogen-bond donors (Lipinski definition) is 3. The number of ether oxygens (including phenoxy) is 1. The molecule has 0 heterocycles. The summed E-state index contributed by atoms with van der Waals surface area (Å²) in [5.74, 6) is -0.434. The number of aromatic hydroxyl groups is 1. The predicted molar refractivity (Wildman–Crippen MR) is 81.8 cm³/mol. The van der Waals surface area contributed by atoms with Crippen LogP contribution in [0.15, 0.2) is 53.6 Å². The SMILES string of the molecule is COc1cccc(C=NNC(=O)C(O)c2ccccc2)c1O. The van der Waals surface area contributed by atoms with Gasteiger partial charge in [-0.15, -0.1) is 0 Å². The average molecular weight is 300 g/mol. The summed E-state index contributed by atoms with van der Waals surface area (Å²) in [6, 6.07) is 13.4. The van der Waals surface area contributed by atoms with Gasteiger partial charge in [0, 0.05) is 5.56 Å². The third-order valence-corrected chi connectivity index (χ3v) is 2.99. The molecule has 0 saturated heterocycles. The highest BCUT2D eigenvalue weighted by Gasteiger charge is 2.16. The first-order chi connectivity index (χ1) is 10.6. The number of aliphatic hydroxyl groups excluding tert-OH is 1. The maximum atomic E-state index is 11.8. The van der Waals surface area contributed by atoms with Crippen molar-refractivity contribution in [2.24, 2.45) is 5.10 Å². The minimum absolute atomic E-state index is 0.0772. The van der Waals surface area contributed by atoms with Crippen molar-refractivity contribution in [3.05, 3.63) is 59.7 Å². The van der Waals surface area contributed by atoms with Crippen LogP contribution in [0.4, 0.5) is 0 Å². The second kappa shape index (κ2) is 7.24. The van der Waals surface area contributed by atoms with E-state index < -0.39 is 12.0 Å². The van der Waals surface area contributed by atoms with Crippen LogP contribution in [0.3, 0.4) is 0 Å². The van der Waals surface area contributed by atoms with E-state index in [-0.39, 0.29) is 5.75 Å². The number of phenols is 1. The Morgan fingerprint density at radius 1 is 1.23 bits per heavy atom. The number of amides is 1. The summed E-state index contributed by atoms with van der Waals surface area (Å²) in [4.78, 5) is 11.8. The fraction of sp³-hybridized carbons (Fsp3) is 0.125. The molecule has 0 aliphatic rings. The highest BCUT2D eigenvalue weighted by molar-refractivity contribution is 5.87. The molecule has 0 spiro atoms. The van der Waals surface area contributed by atoms with E-state index in [4.69, 9.17) is 4.74 Å². The van der Waals surface area contributed by atoms with E-state index in [1.54, 1.807) is 48.5 Å². The predicted octanol–water partition coefficient (Wildman–Crippen LogP) is 1.58. The lowest BCUT2D eigenvalue weighted by molar-refractivity contribution is -0.129. The molecular weight excluding hydrogens is 284 g/mol. The molecule has 0 fully saturated rings. The number of nitrogens with one attached hydrogen (secondary N) is 1. The van der Waals surface area contributed by atoms with Gasteiger partial charge in [0.2, 0.25) is 0 Å². The number of carbonyl (C=O) groups is 1. The second-order valence-electron chi connectivity index (χ2n) is 4.45. The van der Waals surface area contributed by atoms with Gasteiger partial charge in [-0.1, -0.05) is 36.4 Å². The van der Waals surface area contributed by atoms with Gasteiger partial charge in [0.15, 0.2) is 17.6 Å². The molecule has 3 N–H and O–H groups in total. The summed E-state index contributed by atoms with van der Waals surface area (Å²) < 4.78 is 4.97. The van der Waals surface area contributed by atoms with Crippen molar-refractivity contribution in [1.82, 2.24) is 5.43 Å². The zero-order chi connectivity index (χ0) is 15.9. The minimum atomic E-state index is -1.31. The Kier molecular flexibility index (Phi) is 5.11. The number of rotatable bonds is 5. The van der Waals surface area contributed by atoms with Crippen molar-refractivity contribution < 1.29 is 19.7 Å². The number of methoxy groups -OCH3 is 1. The quantitative estimate of drug-likeness (QED) is 0.577. The first-order valence-electron chi connectivity index (χ1n) is 6.55. The van der Waals surface area contributed by atoms with E-state index in [0.717, 1.165) is 0 Å². The Labute approximate surface area is 127 Å². The van der Waals surface area contributed by atoms with Gasteiger partial charge in [0.25, 0.3) is 5.91 Å². The normalized spacial score (nSPS) is 12.1. The zero-order valence-electron chi connectivity index (χ0n) is 11.9. The molecule has 0 aliphatic carbocycles. The summed E-state index contributed by atoms with van der Waals surface area (Å²) >= 11 is 0. The van der Waals surface area contributed by atoms with Gasteiger partial charge in [-0.2, -0.15) is 5.10 Å². The molecule has 22 heavy (non-hydrogen) atoms. The molecule has 0 saturated carbocycles. The topological polar surface area (TPSA) is 91.2 Å². The molecular formula is C16H16N2O4. The molecule has 0 bridgehead atoms. The van der Waals surface area contributed by atoms with Gasteiger partial charge in [0.1, 0.15) is 0 Å². The van der Waals surface area contributed by atoms with E-state index in [1.165, 1.54) is 13.3 Å². The Morgan fingerprint density at radius 3 is 2.64 bits per heavy atom. The Hall–Kier alpha value is -2.86. The molecule has 2 aromatic rings. The Bertz CT molecular complexity index is 671. The molecule has 114 valence electrons. The highest BCUT2D eigenvalue weighted by Crippen LogP contribution is 2.27. The van der Waals surface area contributed by atoms with Crippen LogP contribution in [0.5, 0.6) is 11.5 Å². The van der Waals surface area contributed by atoms with Gasteiger partial charge in [-0.25, -0.2) is 5.43 Å². The van der Waals surface area contributed by atoms with Crippen LogP contribution in [0.1, 0.15) is 17.2 Å². The molecule has 0 aromatic heterocycles. The molecule has 1 amide bonds. The number of nitrogens with zero attached hydrogens (tertiary/aromatic N) is 1. The number of benzene rings is 2. The van der Waals surface area contributed by atoms with Crippen LogP contribution in [0.25, 0.3) is 0 Å². The highest BCUT2D eigenvalue weighted by atomic mass is 16.5. The third kappa shape index (κ3) is 3.62. The summed E-state index contributed by atoms with van der Waals surface area (Å²) in [7, 11) is 1.44. The maximum Gasteiger partial charge on any atom is 0.273 e. The molecule has 0 aliphatic heterocycles. The lowest BCUT2D eigenvalue weighted by Gasteiger charge is -2.08. The molecule has 2 aromatic carbocycles. The second-order valence-corrected chi connectivity index (χ2v) is 4.45. The zero-order valence-corrected chi connectivity index (χ0v) is 11.9. The number of para-hydroxylation sites is 1. The summed E-state index contributed by atoms with van der Waals surface area (Å²) in [6.07, 6.45) is -0.0368. The van der Waals surface area contributed by atoms with Crippen molar-refractivity contribution in [1.29, 1.82) is 0 Å². The van der Waals surface area contributed by atoms with Crippen molar-refractivity contribution >= 4 is 12.1 Å². The molecule has 0 radical (unpaired) electrons. The van der Waals surface area contributed by atoms with Crippen molar-refractivity contribution in [2.75, 3.05) is 7.11 Å². The summed E-state index contributed by atoms with van der Waals surface area (Å²) in [6.45, 7) is 0. The van der Waals surface area contributed by atoms with E-state index in [2.05, 4.69) is 10.5 Å². The van der Waals surface area contributed by atoms with E-state index in [9.17, 15) is 15.0 Å². The molecule has 6 nitrogen and oxygen atoms in total. The lowest BCUT2D eigenvalue weighted by Crippen LogP contribution is -2.25. The molecule has 6 heteroatoms. The maximum absolute atomic E-state index is 11.8. The fourth-order valence-electron chi connectivity index (χ4n) is 1.82. The monoisotopic (exact) mass is 300 g/mol. The molecule has 2 rings (SSSR count). The van der Waals surface area contributed by atoms with Crippen molar-refractivity contribution in [2.45, 2.75) is 6.10 Å².